The van der Waals surface area contributed by atoms with Crippen LogP contribution in [0.1, 0.15) is 26.3 Å². The zero-order valence-corrected chi connectivity index (χ0v) is 14.5. The topological polar surface area (TPSA) is 62.4 Å². The van der Waals surface area contributed by atoms with Gasteiger partial charge in [0.05, 0.1) is 13.0 Å². The van der Waals surface area contributed by atoms with Gasteiger partial charge in [-0.05, 0) is 38.5 Å². The number of carbonyl (C=O) groups excluding carboxylic acids is 2. The Morgan fingerprint density at radius 3 is 2.70 bits per heavy atom. The average Bonchev–Trinajstić information content (AvgIpc) is 2.88. The van der Waals surface area contributed by atoms with E-state index in [-0.39, 0.29) is 18.9 Å². The summed E-state index contributed by atoms with van der Waals surface area (Å²) < 4.78 is 5.04. The molecule has 0 saturated carbocycles. The number of rotatable bonds is 5. The van der Waals surface area contributed by atoms with Crippen molar-refractivity contribution >= 4 is 34.4 Å². The molecule has 0 fully saturated rings. The molecule has 0 unspecified atom stereocenters. The van der Waals surface area contributed by atoms with Crippen molar-refractivity contribution in [2.45, 2.75) is 32.7 Å². The van der Waals surface area contributed by atoms with E-state index < -0.39 is 11.5 Å². The van der Waals surface area contributed by atoms with Gasteiger partial charge in [0.15, 0.2) is 0 Å². The van der Waals surface area contributed by atoms with E-state index in [1.165, 1.54) is 4.90 Å². The first-order chi connectivity index (χ1) is 10.8. The van der Waals surface area contributed by atoms with Crippen LogP contribution in [0.4, 0.5) is 0 Å². The highest BCUT2D eigenvalue weighted by Gasteiger charge is 2.36. The van der Waals surface area contributed by atoms with Gasteiger partial charge in [0.1, 0.15) is 5.54 Å². The molecule has 0 bridgehead atoms. The molecule has 6 heteroatoms. The zero-order chi connectivity index (χ0) is 17.2. The highest BCUT2D eigenvalue weighted by molar-refractivity contribution is 6.31. The number of benzene rings is 1. The third kappa shape index (κ3) is 3.50. The number of fused-ring (bicyclic) bond motifs is 1. The first-order valence-corrected chi connectivity index (χ1v) is 7.84. The van der Waals surface area contributed by atoms with Gasteiger partial charge in [-0.2, -0.15) is 0 Å². The number of amides is 1. The number of halogens is 1. The van der Waals surface area contributed by atoms with Crippen LogP contribution in [0.25, 0.3) is 10.9 Å². The highest BCUT2D eigenvalue weighted by atomic mass is 35.5. The van der Waals surface area contributed by atoms with Crippen LogP contribution < -0.4 is 0 Å². The highest BCUT2D eigenvalue weighted by Crippen LogP contribution is 2.24. The van der Waals surface area contributed by atoms with Crippen LogP contribution in [0.2, 0.25) is 5.02 Å². The minimum atomic E-state index is -1.01. The minimum absolute atomic E-state index is 0.154. The number of carbonyl (C=O) groups is 2. The van der Waals surface area contributed by atoms with E-state index in [1.807, 2.05) is 12.1 Å². The third-order valence-corrected chi connectivity index (χ3v) is 4.29. The maximum atomic E-state index is 12.6. The molecule has 0 radical (unpaired) electrons. The van der Waals surface area contributed by atoms with Crippen LogP contribution in [0.3, 0.4) is 0 Å². The molecular formula is C17H21ClN2O3. The van der Waals surface area contributed by atoms with Gasteiger partial charge in [-0.1, -0.05) is 17.7 Å². The fourth-order valence-electron chi connectivity index (χ4n) is 2.34. The number of esters is 1. The van der Waals surface area contributed by atoms with Gasteiger partial charge in [-0.3, -0.25) is 4.79 Å². The molecule has 2 aromatic rings. The van der Waals surface area contributed by atoms with Crippen LogP contribution >= 0.6 is 11.6 Å². The quantitative estimate of drug-likeness (QED) is 0.853. The second kappa shape index (κ2) is 6.62. The molecule has 124 valence electrons. The van der Waals surface area contributed by atoms with Gasteiger partial charge in [-0.25, -0.2) is 4.79 Å². The number of hydrogen-bond acceptors (Lipinski definition) is 3. The lowest BCUT2D eigenvalue weighted by molar-refractivity contribution is -0.160. The molecule has 0 aliphatic heterocycles. The van der Waals surface area contributed by atoms with Crippen LogP contribution in [0, 0.1) is 0 Å². The molecule has 0 aliphatic rings. The first-order valence-electron chi connectivity index (χ1n) is 7.46. The van der Waals surface area contributed by atoms with Gasteiger partial charge in [0, 0.05) is 29.2 Å². The van der Waals surface area contributed by atoms with Gasteiger partial charge in [-0.15, -0.1) is 0 Å². The second-order valence-electron chi connectivity index (χ2n) is 5.91. The zero-order valence-electron chi connectivity index (χ0n) is 13.8. The van der Waals surface area contributed by atoms with Crippen molar-refractivity contribution in [2.24, 2.45) is 0 Å². The van der Waals surface area contributed by atoms with Crippen LogP contribution in [-0.2, 0) is 20.7 Å². The molecule has 2 rings (SSSR count). The number of H-pyrrole nitrogens is 1. The molecule has 1 N–H and O–H groups in total. The largest absolute Gasteiger partial charge is 0.464 e. The lowest BCUT2D eigenvalue weighted by Crippen LogP contribution is -2.52. The standard InChI is InChI=1S/C17H21ClN2O3/c1-5-23-16(22)17(2,3)20(4)15(21)8-11-10-19-14-9-12(18)6-7-13(11)14/h6-7,9-10,19H,5,8H2,1-4H3. The van der Waals surface area contributed by atoms with E-state index in [9.17, 15) is 9.59 Å². The molecular weight excluding hydrogens is 316 g/mol. The number of hydrogen-bond donors (Lipinski definition) is 1. The Hall–Kier alpha value is -2.01. The predicted octanol–water partition coefficient (Wildman–Crippen LogP) is 3.16. The van der Waals surface area contributed by atoms with Crippen molar-refractivity contribution in [1.29, 1.82) is 0 Å². The summed E-state index contributed by atoms with van der Waals surface area (Å²) in [4.78, 5) is 29.1. The second-order valence-corrected chi connectivity index (χ2v) is 6.35. The number of likely N-dealkylation sites (N-methyl/N-ethyl adjacent to an activating group) is 1. The molecule has 0 saturated heterocycles. The van der Waals surface area contributed by atoms with Gasteiger partial charge in [0.25, 0.3) is 0 Å². The van der Waals surface area contributed by atoms with Crippen molar-refractivity contribution in [3.8, 4) is 0 Å². The molecule has 1 heterocycles. The molecule has 1 amide bonds. The van der Waals surface area contributed by atoms with E-state index in [4.69, 9.17) is 16.3 Å². The normalized spacial score (nSPS) is 11.5. The van der Waals surface area contributed by atoms with Crippen LogP contribution in [-0.4, -0.2) is 41.0 Å². The Morgan fingerprint density at radius 1 is 1.35 bits per heavy atom. The summed E-state index contributed by atoms with van der Waals surface area (Å²) in [7, 11) is 1.62. The van der Waals surface area contributed by atoms with Crippen LogP contribution in [0.15, 0.2) is 24.4 Å². The lowest BCUT2D eigenvalue weighted by atomic mass is 10.0. The van der Waals surface area contributed by atoms with Crippen molar-refractivity contribution in [2.75, 3.05) is 13.7 Å². The summed E-state index contributed by atoms with van der Waals surface area (Å²) in [5.41, 5.74) is 0.739. The van der Waals surface area contributed by atoms with E-state index in [0.717, 1.165) is 16.5 Å². The fourth-order valence-corrected chi connectivity index (χ4v) is 2.51. The average molecular weight is 337 g/mol. The fraction of sp³-hybridized carbons (Fsp3) is 0.412. The summed E-state index contributed by atoms with van der Waals surface area (Å²) in [6.45, 7) is 5.39. The summed E-state index contributed by atoms with van der Waals surface area (Å²) >= 11 is 5.96. The van der Waals surface area contributed by atoms with E-state index >= 15 is 0 Å². The monoisotopic (exact) mass is 336 g/mol. The number of ether oxygens (including phenoxy) is 1. The van der Waals surface area contributed by atoms with E-state index in [0.29, 0.717) is 5.02 Å². The molecule has 0 aliphatic carbocycles. The summed E-state index contributed by atoms with van der Waals surface area (Å²) in [5.74, 6) is -0.569. The minimum Gasteiger partial charge on any atom is -0.464 e. The Balaban J connectivity index is 2.18. The molecule has 5 nitrogen and oxygen atoms in total. The van der Waals surface area contributed by atoms with Gasteiger partial charge < -0.3 is 14.6 Å². The summed E-state index contributed by atoms with van der Waals surface area (Å²) in [6, 6.07) is 5.49. The molecule has 1 aromatic heterocycles. The Kier molecular flexibility index (Phi) is 5.00. The van der Waals surface area contributed by atoms with Crippen LogP contribution in [0.5, 0.6) is 0 Å². The Labute approximate surface area is 140 Å². The number of aromatic nitrogens is 1. The van der Waals surface area contributed by atoms with E-state index in [2.05, 4.69) is 4.98 Å². The molecule has 23 heavy (non-hydrogen) atoms. The first kappa shape index (κ1) is 17.3. The number of nitrogens with one attached hydrogen (secondary N) is 1. The predicted molar refractivity (Wildman–Crippen MR) is 90.5 cm³/mol. The number of aromatic amines is 1. The number of nitrogens with zero attached hydrogens (tertiary/aromatic N) is 1. The maximum Gasteiger partial charge on any atom is 0.331 e. The molecule has 1 aromatic carbocycles. The van der Waals surface area contributed by atoms with Gasteiger partial charge >= 0.3 is 5.97 Å². The summed E-state index contributed by atoms with van der Waals surface area (Å²) in [6.07, 6.45) is 1.99. The van der Waals surface area contributed by atoms with Crippen molar-refractivity contribution in [1.82, 2.24) is 9.88 Å². The smallest absolute Gasteiger partial charge is 0.331 e. The molecule has 0 spiro atoms. The maximum absolute atomic E-state index is 12.6. The lowest BCUT2D eigenvalue weighted by Gasteiger charge is -2.33. The Morgan fingerprint density at radius 2 is 2.04 bits per heavy atom. The van der Waals surface area contributed by atoms with Crippen molar-refractivity contribution in [3.05, 3.63) is 35.0 Å². The summed E-state index contributed by atoms with van der Waals surface area (Å²) in [5, 5.41) is 1.59. The third-order valence-electron chi connectivity index (χ3n) is 4.06. The van der Waals surface area contributed by atoms with Crippen molar-refractivity contribution in [3.63, 3.8) is 0 Å². The Bertz CT molecular complexity index is 737. The van der Waals surface area contributed by atoms with Crippen molar-refractivity contribution < 1.29 is 14.3 Å². The SMILES string of the molecule is CCOC(=O)C(C)(C)N(C)C(=O)Cc1c[nH]c2cc(Cl)ccc12. The molecule has 0 atom stereocenters. The van der Waals surface area contributed by atoms with E-state index in [1.54, 1.807) is 40.1 Å². The van der Waals surface area contributed by atoms with Gasteiger partial charge in [0.2, 0.25) is 5.91 Å².